The summed E-state index contributed by atoms with van der Waals surface area (Å²) in [4.78, 5) is 11.4. The quantitative estimate of drug-likeness (QED) is 0.594. The molecule has 6 heteroatoms. The smallest absolute Gasteiger partial charge is 0.145 e. The average molecular weight is 295 g/mol. The summed E-state index contributed by atoms with van der Waals surface area (Å²) in [5.74, 6) is 7.85. The topological polar surface area (TPSA) is 76.3 Å². The van der Waals surface area contributed by atoms with E-state index in [-0.39, 0.29) is 5.41 Å². The molecular formula is C15H29N5O. The second kappa shape index (κ2) is 7.56. The van der Waals surface area contributed by atoms with Crippen LogP contribution in [0.25, 0.3) is 0 Å². The lowest BCUT2D eigenvalue weighted by Crippen LogP contribution is -2.37. The van der Waals surface area contributed by atoms with E-state index in [1.54, 1.807) is 7.11 Å². The highest BCUT2D eigenvalue weighted by Gasteiger charge is 2.22. The van der Waals surface area contributed by atoms with Gasteiger partial charge in [0, 0.05) is 31.2 Å². The van der Waals surface area contributed by atoms with E-state index in [2.05, 4.69) is 49.9 Å². The molecule has 0 aromatic carbocycles. The Morgan fingerprint density at radius 2 is 2.05 bits per heavy atom. The van der Waals surface area contributed by atoms with E-state index in [0.29, 0.717) is 18.5 Å². The predicted octanol–water partition coefficient (Wildman–Crippen LogP) is 2.31. The molecule has 3 N–H and O–H groups in total. The third kappa shape index (κ3) is 4.82. The van der Waals surface area contributed by atoms with Crippen molar-refractivity contribution in [2.45, 2.75) is 52.5 Å². The van der Waals surface area contributed by atoms with Gasteiger partial charge < -0.3 is 15.1 Å². The van der Waals surface area contributed by atoms with Crippen LogP contribution in [0.4, 0.5) is 11.6 Å². The first-order valence-corrected chi connectivity index (χ1v) is 7.45. The average Bonchev–Trinajstić information content (AvgIpc) is 2.46. The lowest BCUT2D eigenvalue weighted by molar-refractivity contribution is 0.203. The van der Waals surface area contributed by atoms with Crippen LogP contribution in [0, 0.1) is 0 Å². The van der Waals surface area contributed by atoms with Crippen molar-refractivity contribution in [2.24, 2.45) is 5.84 Å². The number of hydrazine groups is 1. The molecule has 1 unspecified atom stereocenters. The number of rotatable bonds is 7. The zero-order valence-electron chi connectivity index (χ0n) is 14.1. The maximum atomic E-state index is 5.56. The van der Waals surface area contributed by atoms with E-state index < -0.39 is 0 Å². The van der Waals surface area contributed by atoms with Crippen LogP contribution in [0.3, 0.4) is 0 Å². The number of nitrogen functional groups attached to an aromatic ring is 1. The second-order valence-electron chi connectivity index (χ2n) is 6.27. The molecule has 0 aliphatic heterocycles. The molecule has 0 radical (unpaired) electrons. The number of ether oxygens (including phenoxy) is 1. The zero-order chi connectivity index (χ0) is 16.0. The standard InChI is InChI=1S/C15H29N5O/c1-7-11(2)20(8-9-21-6)13-10-12(19-16)17-14(18-13)15(3,4)5/h10-11H,7-9,16H2,1-6H3,(H,17,18,19). The summed E-state index contributed by atoms with van der Waals surface area (Å²) in [6, 6.07) is 2.25. The van der Waals surface area contributed by atoms with Crippen LogP contribution in [-0.4, -0.2) is 36.3 Å². The van der Waals surface area contributed by atoms with Gasteiger partial charge in [0.1, 0.15) is 17.5 Å². The molecule has 1 aromatic rings. The van der Waals surface area contributed by atoms with Crippen molar-refractivity contribution in [3.63, 3.8) is 0 Å². The Morgan fingerprint density at radius 1 is 1.38 bits per heavy atom. The van der Waals surface area contributed by atoms with E-state index in [1.807, 2.05) is 6.07 Å². The second-order valence-corrected chi connectivity index (χ2v) is 6.27. The van der Waals surface area contributed by atoms with Crippen LogP contribution in [-0.2, 0) is 10.2 Å². The van der Waals surface area contributed by atoms with Gasteiger partial charge >= 0.3 is 0 Å². The Balaban J connectivity index is 3.22. The fourth-order valence-corrected chi connectivity index (χ4v) is 1.96. The fraction of sp³-hybridized carbons (Fsp3) is 0.733. The third-order valence-corrected chi connectivity index (χ3v) is 3.48. The first-order valence-electron chi connectivity index (χ1n) is 7.45. The Kier molecular flexibility index (Phi) is 6.36. The molecule has 120 valence electrons. The molecule has 0 bridgehead atoms. The van der Waals surface area contributed by atoms with Crippen molar-refractivity contribution in [1.82, 2.24) is 9.97 Å². The molecule has 0 aliphatic rings. The summed E-state index contributed by atoms with van der Waals surface area (Å²) < 4.78 is 5.22. The molecule has 1 aromatic heterocycles. The SMILES string of the molecule is CCC(C)N(CCOC)c1cc(NN)nc(C(C)(C)C)n1. The molecule has 0 saturated carbocycles. The van der Waals surface area contributed by atoms with Gasteiger partial charge in [-0.05, 0) is 13.3 Å². The van der Waals surface area contributed by atoms with Gasteiger partial charge in [-0.3, -0.25) is 0 Å². The number of anilines is 2. The Morgan fingerprint density at radius 3 is 2.52 bits per heavy atom. The van der Waals surface area contributed by atoms with Crippen molar-refractivity contribution in [3.8, 4) is 0 Å². The summed E-state index contributed by atoms with van der Waals surface area (Å²) in [7, 11) is 1.71. The Bertz CT molecular complexity index is 444. The van der Waals surface area contributed by atoms with Gasteiger partial charge in [-0.1, -0.05) is 27.7 Å². The third-order valence-electron chi connectivity index (χ3n) is 3.48. The largest absolute Gasteiger partial charge is 0.383 e. The van der Waals surface area contributed by atoms with Gasteiger partial charge in [0.2, 0.25) is 0 Å². The van der Waals surface area contributed by atoms with Crippen molar-refractivity contribution >= 4 is 11.6 Å². The summed E-state index contributed by atoms with van der Waals surface area (Å²) in [5, 5.41) is 0. The first-order chi connectivity index (χ1) is 9.83. The molecule has 1 rings (SSSR count). The maximum absolute atomic E-state index is 5.56. The van der Waals surface area contributed by atoms with Gasteiger partial charge in [0.05, 0.1) is 6.61 Å². The van der Waals surface area contributed by atoms with Crippen LogP contribution in [0.2, 0.25) is 0 Å². The van der Waals surface area contributed by atoms with E-state index in [1.165, 1.54) is 0 Å². The highest BCUT2D eigenvalue weighted by atomic mass is 16.5. The molecular weight excluding hydrogens is 266 g/mol. The number of aromatic nitrogens is 2. The fourth-order valence-electron chi connectivity index (χ4n) is 1.96. The lowest BCUT2D eigenvalue weighted by Gasteiger charge is -2.31. The van der Waals surface area contributed by atoms with Crippen molar-refractivity contribution in [3.05, 3.63) is 11.9 Å². The van der Waals surface area contributed by atoms with Crippen LogP contribution >= 0.6 is 0 Å². The minimum atomic E-state index is -0.135. The summed E-state index contributed by atoms with van der Waals surface area (Å²) in [6.45, 7) is 12.1. The van der Waals surface area contributed by atoms with Crippen molar-refractivity contribution in [1.29, 1.82) is 0 Å². The van der Waals surface area contributed by atoms with E-state index in [9.17, 15) is 0 Å². The number of methoxy groups -OCH3 is 1. The molecule has 0 aliphatic carbocycles. The number of nitrogens with one attached hydrogen (secondary N) is 1. The highest BCUT2D eigenvalue weighted by molar-refractivity contribution is 5.50. The van der Waals surface area contributed by atoms with Crippen molar-refractivity contribution in [2.75, 3.05) is 30.6 Å². The number of nitrogens with zero attached hydrogens (tertiary/aromatic N) is 3. The van der Waals surface area contributed by atoms with Crippen molar-refractivity contribution < 1.29 is 4.74 Å². The molecule has 0 spiro atoms. The van der Waals surface area contributed by atoms with Gasteiger partial charge in [-0.15, -0.1) is 0 Å². The summed E-state index contributed by atoms with van der Waals surface area (Å²) >= 11 is 0. The molecule has 1 heterocycles. The zero-order valence-corrected chi connectivity index (χ0v) is 14.1. The number of hydrogen-bond donors (Lipinski definition) is 2. The number of hydrogen-bond acceptors (Lipinski definition) is 6. The highest BCUT2D eigenvalue weighted by Crippen LogP contribution is 2.25. The van der Waals surface area contributed by atoms with E-state index in [0.717, 1.165) is 24.6 Å². The van der Waals surface area contributed by atoms with E-state index >= 15 is 0 Å². The van der Waals surface area contributed by atoms with Crippen LogP contribution in [0.5, 0.6) is 0 Å². The summed E-state index contributed by atoms with van der Waals surface area (Å²) in [6.07, 6.45) is 1.03. The van der Waals surface area contributed by atoms with Crippen LogP contribution < -0.4 is 16.2 Å². The Labute approximate surface area is 128 Å². The van der Waals surface area contributed by atoms with Gasteiger partial charge in [0.15, 0.2) is 0 Å². The molecule has 0 amide bonds. The predicted molar refractivity (Wildman–Crippen MR) is 87.5 cm³/mol. The minimum absolute atomic E-state index is 0.135. The van der Waals surface area contributed by atoms with Crippen LogP contribution in [0.15, 0.2) is 6.07 Å². The first kappa shape index (κ1) is 17.7. The molecule has 0 saturated heterocycles. The van der Waals surface area contributed by atoms with Gasteiger partial charge in [0.25, 0.3) is 0 Å². The monoisotopic (exact) mass is 295 g/mol. The van der Waals surface area contributed by atoms with Crippen LogP contribution in [0.1, 0.15) is 46.9 Å². The molecule has 1 atom stereocenters. The number of nitrogens with two attached hydrogens (primary N) is 1. The Hall–Kier alpha value is -1.40. The molecule has 0 fully saturated rings. The normalized spacial score (nSPS) is 13.1. The van der Waals surface area contributed by atoms with Gasteiger partial charge in [-0.25, -0.2) is 15.8 Å². The van der Waals surface area contributed by atoms with Gasteiger partial charge in [-0.2, -0.15) is 0 Å². The summed E-state index contributed by atoms with van der Waals surface area (Å²) in [5.41, 5.74) is 2.50. The lowest BCUT2D eigenvalue weighted by atomic mass is 9.95. The van der Waals surface area contributed by atoms with E-state index in [4.69, 9.17) is 15.6 Å². The minimum Gasteiger partial charge on any atom is -0.383 e. The molecule has 21 heavy (non-hydrogen) atoms. The maximum Gasteiger partial charge on any atom is 0.145 e. The molecule has 6 nitrogen and oxygen atoms in total.